The highest BCUT2D eigenvalue weighted by Gasteiger charge is 2.52. The summed E-state index contributed by atoms with van der Waals surface area (Å²) in [6, 6.07) is -0.372. The lowest BCUT2D eigenvalue weighted by Crippen LogP contribution is -2.51. The van der Waals surface area contributed by atoms with Crippen molar-refractivity contribution in [3.8, 4) is 0 Å². The first kappa shape index (κ1) is 11.6. The van der Waals surface area contributed by atoms with Crippen molar-refractivity contribution in [3.05, 3.63) is 10.4 Å². The Kier molecular flexibility index (Phi) is 3.05. The molecular formula is C9H15N3O4. The van der Waals surface area contributed by atoms with E-state index in [2.05, 4.69) is 10.0 Å². The Morgan fingerprint density at radius 3 is 2.69 bits per heavy atom. The zero-order valence-electron chi connectivity index (χ0n) is 9.49. The third-order valence-electron chi connectivity index (χ3n) is 2.67. The Labute approximate surface area is 93.2 Å². The van der Waals surface area contributed by atoms with Crippen molar-refractivity contribution < 1.29 is 18.9 Å². The number of hydrogen-bond donors (Lipinski definition) is 0. The zero-order chi connectivity index (χ0) is 11.8. The molecule has 0 aliphatic carbocycles. The van der Waals surface area contributed by atoms with Crippen LogP contribution in [0.1, 0.15) is 13.8 Å². The van der Waals surface area contributed by atoms with Crippen molar-refractivity contribution in [2.45, 2.75) is 44.2 Å². The van der Waals surface area contributed by atoms with E-state index >= 15 is 0 Å². The van der Waals surface area contributed by atoms with Gasteiger partial charge in [-0.25, -0.2) is 0 Å². The first-order valence-electron chi connectivity index (χ1n) is 5.11. The molecule has 0 unspecified atom stereocenters. The van der Waals surface area contributed by atoms with Crippen LogP contribution in [0.3, 0.4) is 0 Å². The topological polar surface area (TPSA) is 85.7 Å². The minimum absolute atomic E-state index is 0.281. The third kappa shape index (κ3) is 2.00. The van der Waals surface area contributed by atoms with Crippen molar-refractivity contribution >= 4 is 0 Å². The number of methoxy groups -OCH3 is 1. The molecule has 16 heavy (non-hydrogen) atoms. The molecule has 2 aliphatic rings. The van der Waals surface area contributed by atoms with Crippen LogP contribution in [-0.4, -0.2) is 44.0 Å². The summed E-state index contributed by atoms with van der Waals surface area (Å²) >= 11 is 0. The Morgan fingerprint density at radius 2 is 2.06 bits per heavy atom. The third-order valence-corrected chi connectivity index (χ3v) is 2.67. The van der Waals surface area contributed by atoms with Gasteiger partial charge in [-0.05, 0) is 19.4 Å². The van der Waals surface area contributed by atoms with Gasteiger partial charge in [-0.2, -0.15) is 0 Å². The van der Waals surface area contributed by atoms with Crippen molar-refractivity contribution in [3.63, 3.8) is 0 Å². The van der Waals surface area contributed by atoms with Crippen molar-refractivity contribution in [2.75, 3.05) is 13.7 Å². The maximum Gasteiger partial charge on any atom is 0.186 e. The number of hydrogen-bond acceptors (Lipinski definition) is 5. The molecule has 0 aromatic rings. The summed E-state index contributed by atoms with van der Waals surface area (Å²) in [5.41, 5.74) is 8.47. The van der Waals surface area contributed by atoms with Gasteiger partial charge in [0, 0.05) is 12.0 Å². The molecule has 2 heterocycles. The van der Waals surface area contributed by atoms with Crippen molar-refractivity contribution in [1.29, 1.82) is 0 Å². The molecule has 90 valence electrons. The number of fused-ring (bicyclic) bond motifs is 1. The van der Waals surface area contributed by atoms with E-state index in [0.717, 1.165) is 0 Å². The van der Waals surface area contributed by atoms with Crippen LogP contribution in [0.2, 0.25) is 0 Å². The van der Waals surface area contributed by atoms with Gasteiger partial charge in [0.1, 0.15) is 12.2 Å². The van der Waals surface area contributed by atoms with Crippen LogP contribution in [0, 0.1) is 0 Å². The number of nitrogens with zero attached hydrogens (tertiary/aromatic N) is 3. The summed E-state index contributed by atoms with van der Waals surface area (Å²) in [5, 5.41) is 3.66. The molecular weight excluding hydrogens is 214 g/mol. The Hall–Kier alpha value is -0.850. The van der Waals surface area contributed by atoms with E-state index in [1.165, 1.54) is 0 Å². The van der Waals surface area contributed by atoms with Crippen molar-refractivity contribution in [2.24, 2.45) is 5.11 Å². The number of azide groups is 1. The lowest BCUT2D eigenvalue weighted by Gasteiger charge is -2.33. The molecule has 2 fully saturated rings. The minimum Gasteiger partial charge on any atom is -0.353 e. The van der Waals surface area contributed by atoms with Crippen LogP contribution in [0.15, 0.2) is 5.11 Å². The first-order chi connectivity index (χ1) is 7.57. The summed E-state index contributed by atoms with van der Waals surface area (Å²) in [6.45, 7) is 3.90. The highest BCUT2D eigenvalue weighted by molar-refractivity contribution is 4.95. The van der Waals surface area contributed by atoms with Crippen LogP contribution in [0.25, 0.3) is 10.4 Å². The number of rotatable bonds is 2. The van der Waals surface area contributed by atoms with Crippen LogP contribution in [-0.2, 0) is 18.9 Å². The molecule has 2 saturated heterocycles. The van der Waals surface area contributed by atoms with Crippen LogP contribution in [0.4, 0.5) is 0 Å². The average molecular weight is 229 g/mol. The van der Waals surface area contributed by atoms with Gasteiger partial charge in [-0.1, -0.05) is 5.11 Å². The van der Waals surface area contributed by atoms with Crippen molar-refractivity contribution in [1.82, 2.24) is 0 Å². The Balaban J connectivity index is 2.19. The normalized spacial score (nSPS) is 41.2. The second-order valence-corrected chi connectivity index (χ2v) is 4.27. The molecule has 2 aliphatic heterocycles. The largest absolute Gasteiger partial charge is 0.353 e. The lowest BCUT2D eigenvalue weighted by molar-refractivity contribution is -0.221. The maximum atomic E-state index is 8.47. The van der Waals surface area contributed by atoms with E-state index < -0.39 is 12.1 Å². The first-order valence-corrected chi connectivity index (χ1v) is 5.11. The average Bonchev–Trinajstić information content (AvgIpc) is 2.54. The molecule has 0 aromatic heterocycles. The summed E-state index contributed by atoms with van der Waals surface area (Å²) in [4.78, 5) is 2.79. The standard InChI is InChI=1S/C9H15N3O4/c1-9(2)15-6-5(11-12-10)4-14-8(13-3)7(6)16-9/h5-8H,4H2,1-3H3/t5-,6-,7-,8-/m0/s1. The predicted molar refractivity (Wildman–Crippen MR) is 53.5 cm³/mol. The molecule has 0 N–H and O–H groups in total. The molecule has 2 rings (SSSR count). The fourth-order valence-electron chi connectivity index (χ4n) is 2.08. The fourth-order valence-corrected chi connectivity index (χ4v) is 2.08. The van der Waals surface area contributed by atoms with Gasteiger partial charge in [-0.3, -0.25) is 0 Å². The van der Waals surface area contributed by atoms with E-state index in [4.69, 9.17) is 24.5 Å². The van der Waals surface area contributed by atoms with Crippen LogP contribution >= 0.6 is 0 Å². The van der Waals surface area contributed by atoms with E-state index in [1.54, 1.807) is 7.11 Å². The predicted octanol–water partition coefficient (Wildman–Crippen LogP) is 1.19. The van der Waals surface area contributed by atoms with E-state index in [0.29, 0.717) is 0 Å². The SMILES string of the molecule is CO[C@H]1OC[C@H](N=[N+]=[N-])[C@@H]2OC(C)(C)O[C@H]12. The van der Waals surface area contributed by atoms with Gasteiger partial charge in [-0.15, -0.1) is 0 Å². The molecule has 0 saturated carbocycles. The molecule has 0 aromatic carbocycles. The molecule has 0 radical (unpaired) electrons. The fraction of sp³-hybridized carbons (Fsp3) is 1.00. The molecule has 0 spiro atoms. The quantitative estimate of drug-likeness (QED) is 0.404. The van der Waals surface area contributed by atoms with Crippen LogP contribution in [0.5, 0.6) is 0 Å². The molecule has 7 nitrogen and oxygen atoms in total. The molecule has 4 atom stereocenters. The highest BCUT2D eigenvalue weighted by Crippen LogP contribution is 2.36. The Morgan fingerprint density at radius 1 is 1.38 bits per heavy atom. The van der Waals surface area contributed by atoms with Gasteiger partial charge in [0.2, 0.25) is 0 Å². The zero-order valence-corrected chi connectivity index (χ0v) is 9.49. The monoisotopic (exact) mass is 229 g/mol. The van der Waals surface area contributed by atoms with E-state index in [1.807, 2.05) is 13.8 Å². The smallest absolute Gasteiger partial charge is 0.186 e. The summed E-state index contributed by atoms with van der Waals surface area (Å²) in [6.07, 6.45) is -1.15. The van der Waals surface area contributed by atoms with Gasteiger partial charge in [0.15, 0.2) is 12.1 Å². The van der Waals surface area contributed by atoms with Gasteiger partial charge >= 0.3 is 0 Å². The Bertz CT molecular complexity index is 316. The van der Waals surface area contributed by atoms with Gasteiger partial charge < -0.3 is 18.9 Å². The highest BCUT2D eigenvalue weighted by atomic mass is 16.8. The van der Waals surface area contributed by atoms with Gasteiger partial charge in [0.05, 0.1) is 12.6 Å². The number of ether oxygens (including phenoxy) is 4. The molecule has 0 bridgehead atoms. The van der Waals surface area contributed by atoms with Crippen LogP contribution < -0.4 is 0 Å². The molecule has 7 heteroatoms. The molecule has 0 amide bonds. The summed E-state index contributed by atoms with van der Waals surface area (Å²) in [7, 11) is 1.55. The second kappa shape index (κ2) is 4.20. The van der Waals surface area contributed by atoms with Gasteiger partial charge in [0.25, 0.3) is 0 Å². The summed E-state index contributed by atoms with van der Waals surface area (Å²) < 4.78 is 22.0. The second-order valence-electron chi connectivity index (χ2n) is 4.27. The summed E-state index contributed by atoms with van der Waals surface area (Å²) in [5.74, 6) is -0.705. The lowest BCUT2D eigenvalue weighted by atomic mass is 10.0. The van der Waals surface area contributed by atoms with E-state index in [-0.39, 0.29) is 24.9 Å². The maximum absolute atomic E-state index is 8.47. The van der Waals surface area contributed by atoms with E-state index in [9.17, 15) is 0 Å². The minimum atomic E-state index is -0.705.